The van der Waals surface area contributed by atoms with Crippen LogP contribution >= 0.6 is 11.8 Å². The number of hydrogen-bond donors (Lipinski definition) is 1. The van der Waals surface area contributed by atoms with Crippen LogP contribution in [0.4, 0.5) is 5.69 Å². The number of nitrogens with one attached hydrogen (secondary N) is 1. The van der Waals surface area contributed by atoms with Gasteiger partial charge in [-0.05, 0) is 30.7 Å². The molecule has 0 aliphatic carbocycles. The van der Waals surface area contributed by atoms with Crippen LogP contribution < -0.4 is 5.32 Å². The largest absolute Gasteiger partial charge is 0.465 e. The number of hydrogen-bond acceptors (Lipinski definition) is 8. The number of esters is 2. The van der Waals surface area contributed by atoms with E-state index in [2.05, 4.69) is 10.1 Å². The Labute approximate surface area is 155 Å². The molecule has 1 aromatic carbocycles. The summed E-state index contributed by atoms with van der Waals surface area (Å²) in [5.74, 6) is -1.34. The first kappa shape index (κ1) is 20.2. The number of anilines is 1. The molecule has 1 aromatic rings. The summed E-state index contributed by atoms with van der Waals surface area (Å²) in [7, 11) is -1.71. The summed E-state index contributed by atoms with van der Waals surface area (Å²) in [5.41, 5.74) is 0.798. The van der Waals surface area contributed by atoms with Crippen LogP contribution in [0.2, 0.25) is 0 Å². The molecular weight excluding hydrogens is 382 g/mol. The maximum absolute atomic E-state index is 11.8. The number of benzene rings is 1. The molecule has 0 unspecified atom stereocenters. The second-order valence-corrected chi connectivity index (χ2v) is 9.13. The second-order valence-electron chi connectivity index (χ2n) is 5.61. The SMILES string of the molecule is COC(=O)c1ccc(NC(=O)COC(=O)CS[C@H]2CCS(=O)(=O)C2)cc1. The number of amides is 1. The molecule has 1 N–H and O–H groups in total. The van der Waals surface area contributed by atoms with E-state index in [9.17, 15) is 22.8 Å². The fourth-order valence-electron chi connectivity index (χ4n) is 2.27. The highest BCUT2D eigenvalue weighted by molar-refractivity contribution is 8.02. The van der Waals surface area contributed by atoms with Crippen LogP contribution in [0.3, 0.4) is 0 Å². The highest BCUT2D eigenvalue weighted by Gasteiger charge is 2.28. The first-order chi connectivity index (χ1) is 12.3. The molecule has 10 heteroatoms. The molecule has 1 amide bonds. The summed E-state index contributed by atoms with van der Waals surface area (Å²) in [6.07, 6.45) is 0.530. The number of rotatable bonds is 7. The fraction of sp³-hybridized carbons (Fsp3) is 0.438. The molecule has 8 nitrogen and oxygen atoms in total. The van der Waals surface area contributed by atoms with Crippen LogP contribution in [-0.4, -0.2) is 62.5 Å². The zero-order chi connectivity index (χ0) is 19.2. The van der Waals surface area contributed by atoms with E-state index in [4.69, 9.17) is 4.74 Å². The van der Waals surface area contributed by atoms with Crippen LogP contribution in [0.25, 0.3) is 0 Å². The Kier molecular flexibility index (Phi) is 7.04. The van der Waals surface area contributed by atoms with E-state index < -0.39 is 34.3 Å². The summed E-state index contributed by atoms with van der Waals surface area (Å²) in [6, 6.07) is 6.06. The van der Waals surface area contributed by atoms with Gasteiger partial charge >= 0.3 is 11.9 Å². The number of thioether (sulfide) groups is 1. The molecule has 2 rings (SSSR count). The van der Waals surface area contributed by atoms with Crippen molar-refractivity contribution in [1.82, 2.24) is 0 Å². The Morgan fingerprint density at radius 2 is 1.92 bits per heavy atom. The molecule has 1 aliphatic rings. The van der Waals surface area contributed by atoms with E-state index in [0.717, 1.165) is 0 Å². The van der Waals surface area contributed by atoms with Crippen molar-refractivity contribution in [2.75, 3.05) is 36.3 Å². The van der Waals surface area contributed by atoms with E-state index in [1.165, 1.54) is 43.1 Å². The summed E-state index contributed by atoms with van der Waals surface area (Å²) in [4.78, 5) is 34.7. The average molecular weight is 401 g/mol. The maximum Gasteiger partial charge on any atom is 0.337 e. The van der Waals surface area contributed by atoms with Crippen LogP contribution in [0.5, 0.6) is 0 Å². The lowest BCUT2D eigenvalue weighted by atomic mass is 10.2. The van der Waals surface area contributed by atoms with E-state index in [-0.39, 0.29) is 22.5 Å². The van der Waals surface area contributed by atoms with Crippen LogP contribution in [0, 0.1) is 0 Å². The van der Waals surface area contributed by atoms with Gasteiger partial charge in [-0.15, -0.1) is 11.8 Å². The topological polar surface area (TPSA) is 116 Å². The highest BCUT2D eigenvalue weighted by atomic mass is 32.2. The first-order valence-corrected chi connectivity index (χ1v) is 10.6. The smallest absolute Gasteiger partial charge is 0.337 e. The summed E-state index contributed by atoms with van der Waals surface area (Å²) in [5, 5.41) is 2.43. The first-order valence-electron chi connectivity index (χ1n) is 7.75. The zero-order valence-electron chi connectivity index (χ0n) is 14.1. The Morgan fingerprint density at radius 1 is 1.23 bits per heavy atom. The van der Waals surface area contributed by atoms with E-state index >= 15 is 0 Å². The third-order valence-corrected chi connectivity index (χ3v) is 6.84. The molecule has 0 aromatic heterocycles. The number of sulfone groups is 1. The monoisotopic (exact) mass is 401 g/mol. The Hall–Kier alpha value is -2.07. The Balaban J connectivity index is 1.69. The van der Waals surface area contributed by atoms with E-state index in [1.54, 1.807) is 0 Å². The molecule has 1 fully saturated rings. The van der Waals surface area contributed by atoms with Gasteiger partial charge in [-0.25, -0.2) is 13.2 Å². The summed E-state index contributed by atoms with van der Waals surface area (Å²) in [6.45, 7) is -0.443. The number of carbonyl (C=O) groups is 3. The minimum Gasteiger partial charge on any atom is -0.465 e. The number of carbonyl (C=O) groups excluding carboxylic acids is 3. The van der Waals surface area contributed by atoms with Crippen molar-refractivity contribution in [3.8, 4) is 0 Å². The quantitative estimate of drug-likeness (QED) is 0.669. The molecule has 1 saturated heterocycles. The predicted molar refractivity (Wildman–Crippen MR) is 96.9 cm³/mol. The van der Waals surface area contributed by atoms with Crippen molar-refractivity contribution in [2.24, 2.45) is 0 Å². The third kappa shape index (κ3) is 6.34. The van der Waals surface area contributed by atoms with Gasteiger partial charge in [-0.2, -0.15) is 0 Å². The van der Waals surface area contributed by atoms with Gasteiger partial charge in [0.1, 0.15) is 0 Å². The van der Waals surface area contributed by atoms with Crippen molar-refractivity contribution in [3.05, 3.63) is 29.8 Å². The van der Waals surface area contributed by atoms with Gasteiger partial charge in [0.15, 0.2) is 16.4 Å². The molecule has 0 bridgehead atoms. The normalized spacial score (nSPS) is 18.1. The molecule has 142 valence electrons. The molecule has 1 heterocycles. The van der Waals surface area contributed by atoms with Gasteiger partial charge in [0.05, 0.1) is 29.9 Å². The van der Waals surface area contributed by atoms with Gasteiger partial charge in [0.2, 0.25) is 0 Å². The van der Waals surface area contributed by atoms with E-state index in [1.807, 2.05) is 0 Å². The van der Waals surface area contributed by atoms with Crippen molar-refractivity contribution in [3.63, 3.8) is 0 Å². The lowest BCUT2D eigenvalue weighted by Gasteiger charge is -2.09. The molecule has 0 radical (unpaired) electrons. The van der Waals surface area contributed by atoms with Crippen LogP contribution in [-0.2, 0) is 28.9 Å². The predicted octanol–water partition coefficient (Wildman–Crippen LogP) is 0.875. The minimum absolute atomic E-state index is 0.00128. The molecule has 1 aliphatic heterocycles. The standard InChI is InChI=1S/C16H19NO7S2/c1-23-16(20)11-2-4-12(5-3-11)17-14(18)8-24-15(19)9-25-13-6-7-26(21,22)10-13/h2-5,13H,6-10H2,1H3,(H,17,18)/t13-/m0/s1. The summed E-state index contributed by atoms with van der Waals surface area (Å²) >= 11 is 1.23. The molecular formula is C16H19NO7S2. The van der Waals surface area contributed by atoms with Gasteiger partial charge in [0, 0.05) is 10.9 Å². The van der Waals surface area contributed by atoms with Crippen molar-refractivity contribution in [2.45, 2.75) is 11.7 Å². The lowest BCUT2D eigenvalue weighted by molar-refractivity contribution is -0.144. The van der Waals surface area contributed by atoms with Crippen LogP contribution in [0.1, 0.15) is 16.8 Å². The van der Waals surface area contributed by atoms with E-state index in [0.29, 0.717) is 17.7 Å². The zero-order valence-corrected chi connectivity index (χ0v) is 15.7. The Morgan fingerprint density at radius 3 is 2.50 bits per heavy atom. The Bertz CT molecular complexity index is 774. The van der Waals surface area contributed by atoms with Gasteiger partial charge in [-0.3, -0.25) is 9.59 Å². The van der Waals surface area contributed by atoms with Crippen molar-refractivity contribution < 1.29 is 32.3 Å². The van der Waals surface area contributed by atoms with Crippen molar-refractivity contribution in [1.29, 1.82) is 0 Å². The molecule has 1 atom stereocenters. The summed E-state index contributed by atoms with van der Waals surface area (Å²) < 4.78 is 32.1. The molecule has 0 spiro atoms. The highest BCUT2D eigenvalue weighted by Crippen LogP contribution is 2.24. The van der Waals surface area contributed by atoms with Crippen LogP contribution in [0.15, 0.2) is 24.3 Å². The average Bonchev–Trinajstić information content (AvgIpc) is 2.97. The second kappa shape index (κ2) is 9.04. The molecule has 26 heavy (non-hydrogen) atoms. The third-order valence-electron chi connectivity index (χ3n) is 3.58. The minimum atomic E-state index is -2.98. The molecule has 0 saturated carbocycles. The van der Waals surface area contributed by atoms with Crippen molar-refractivity contribution >= 4 is 45.1 Å². The fourth-order valence-corrected chi connectivity index (χ4v) is 5.71. The van der Waals surface area contributed by atoms with Gasteiger partial charge < -0.3 is 14.8 Å². The van der Waals surface area contributed by atoms with Gasteiger partial charge in [-0.1, -0.05) is 0 Å². The number of methoxy groups -OCH3 is 1. The maximum atomic E-state index is 11.8. The van der Waals surface area contributed by atoms with Gasteiger partial charge in [0.25, 0.3) is 5.91 Å². The number of ether oxygens (including phenoxy) is 2. The lowest BCUT2D eigenvalue weighted by Crippen LogP contribution is -2.22.